The van der Waals surface area contributed by atoms with Gasteiger partial charge in [0.2, 0.25) is 10.0 Å². The highest BCUT2D eigenvalue weighted by molar-refractivity contribution is 14.1. The van der Waals surface area contributed by atoms with Gasteiger partial charge in [-0.2, -0.15) is 4.31 Å². The molecule has 8 heteroatoms. The van der Waals surface area contributed by atoms with Crippen molar-refractivity contribution in [3.8, 4) is 0 Å². The number of sulfonamides is 1. The second-order valence-corrected chi connectivity index (χ2v) is 7.53. The maximum absolute atomic E-state index is 12.5. The minimum absolute atomic E-state index is 0.00325. The lowest BCUT2D eigenvalue weighted by atomic mass is 10.2. The number of aliphatic hydroxyl groups excluding tert-OH is 1. The summed E-state index contributed by atoms with van der Waals surface area (Å²) < 4.78 is 26.7. The van der Waals surface area contributed by atoms with E-state index < -0.39 is 16.0 Å². The summed E-state index contributed by atoms with van der Waals surface area (Å²) in [5, 5.41) is 18.1. The fraction of sp³-hybridized carbons (Fsp3) is 0.462. The summed E-state index contributed by atoms with van der Waals surface area (Å²) in [4.78, 5) is 11.1. The molecule has 0 unspecified atom stereocenters. The monoisotopic (exact) mass is 427 g/mol. The van der Waals surface area contributed by atoms with Crippen LogP contribution in [0, 0.1) is 3.57 Å². The number of hydrogen-bond donors (Lipinski definition) is 2. The van der Waals surface area contributed by atoms with E-state index >= 15 is 0 Å². The fourth-order valence-corrected chi connectivity index (χ4v) is 3.84. The standard InChI is InChI=1S/C13H18INO5S/c1-2-3-6-15(7-8-16)21(19,20)10-4-5-12(14)11(9-10)13(17)18/h4-5,9,16H,2-3,6-8H2,1H3,(H,17,18). The predicted molar refractivity (Wildman–Crippen MR) is 86.9 cm³/mol. The molecule has 0 aliphatic heterocycles. The molecule has 118 valence electrons. The summed E-state index contributed by atoms with van der Waals surface area (Å²) in [6.07, 6.45) is 1.50. The number of benzene rings is 1. The maximum Gasteiger partial charge on any atom is 0.336 e. The molecular formula is C13H18INO5S. The zero-order chi connectivity index (χ0) is 16.0. The molecule has 1 aromatic carbocycles. The molecule has 0 spiro atoms. The Balaban J connectivity index is 3.21. The van der Waals surface area contributed by atoms with Crippen molar-refractivity contribution in [1.29, 1.82) is 0 Å². The van der Waals surface area contributed by atoms with Crippen LogP contribution < -0.4 is 0 Å². The molecule has 0 atom stereocenters. The van der Waals surface area contributed by atoms with Gasteiger partial charge >= 0.3 is 5.97 Å². The SMILES string of the molecule is CCCCN(CCO)S(=O)(=O)c1ccc(I)c(C(=O)O)c1. The highest BCUT2D eigenvalue weighted by Gasteiger charge is 2.25. The average molecular weight is 427 g/mol. The molecule has 1 rings (SSSR count). The minimum Gasteiger partial charge on any atom is -0.478 e. The number of carbonyl (C=O) groups is 1. The fourth-order valence-electron chi connectivity index (χ4n) is 1.78. The number of carboxylic acid groups (broad SMARTS) is 1. The number of hydrogen-bond acceptors (Lipinski definition) is 4. The first kappa shape index (κ1) is 18.3. The molecule has 6 nitrogen and oxygen atoms in total. The normalized spacial score (nSPS) is 11.8. The van der Waals surface area contributed by atoms with Crippen LogP contribution in [-0.2, 0) is 10.0 Å². The molecule has 0 amide bonds. The zero-order valence-corrected chi connectivity index (χ0v) is 14.6. The Morgan fingerprint density at radius 2 is 2.00 bits per heavy atom. The van der Waals surface area contributed by atoms with Gasteiger partial charge in [-0.05, 0) is 47.2 Å². The van der Waals surface area contributed by atoms with E-state index in [2.05, 4.69) is 0 Å². The van der Waals surface area contributed by atoms with E-state index in [1.807, 2.05) is 29.5 Å². The van der Waals surface area contributed by atoms with Gasteiger partial charge < -0.3 is 10.2 Å². The molecule has 0 aliphatic rings. The first-order valence-electron chi connectivity index (χ1n) is 6.48. The number of carboxylic acids is 1. The van der Waals surface area contributed by atoms with Crippen LogP contribution in [0.15, 0.2) is 23.1 Å². The highest BCUT2D eigenvalue weighted by Crippen LogP contribution is 2.21. The summed E-state index contributed by atoms with van der Waals surface area (Å²) in [6, 6.07) is 4.02. The van der Waals surface area contributed by atoms with Crippen molar-refractivity contribution in [2.75, 3.05) is 19.7 Å². The maximum atomic E-state index is 12.5. The first-order valence-corrected chi connectivity index (χ1v) is 9.00. The molecule has 0 aliphatic carbocycles. The van der Waals surface area contributed by atoms with Gasteiger partial charge in [-0.1, -0.05) is 13.3 Å². The highest BCUT2D eigenvalue weighted by atomic mass is 127. The number of nitrogens with zero attached hydrogens (tertiary/aromatic N) is 1. The molecule has 0 saturated heterocycles. The first-order chi connectivity index (χ1) is 9.84. The van der Waals surface area contributed by atoms with Crippen molar-refractivity contribution < 1.29 is 23.4 Å². The minimum atomic E-state index is -3.80. The number of aliphatic hydroxyl groups is 1. The molecule has 0 saturated carbocycles. The van der Waals surface area contributed by atoms with E-state index in [1.54, 1.807) is 0 Å². The van der Waals surface area contributed by atoms with Gasteiger partial charge in [0.05, 0.1) is 17.1 Å². The Bertz CT molecular complexity index is 603. The predicted octanol–water partition coefficient (Wildman–Crippen LogP) is 1.77. The third-order valence-electron chi connectivity index (χ3n) is 2.92. The van der Waals surface area contributed by atoms with Gasteiger partial charge in [0.1, 0.15) is 0 Å². The van der Waals surface area contributed by atoms with Crippen LogP contribution in [0.5, 0.6) is 0 Å². The molecule has 0 heterocycles. The molecule has 0 aromatic heterocycles. The topological polar surface area (TPSA) is 94.9 Å². The van der Waals surface area contributed by atoms with Crippen molar-refractivity contribution in [3.63, 3.8) is 0 Å². The van der Waals surface area contributed by atoms with Gasteiger partial charge in [-0.25, -0.2) is 13.2 Å². The van der Waals surface area contributed by atoms with Crippen LogP contribution in [0.1, 0.15) is 30.1 Å². The Hall–Kier alpha value is -0.710. The van der Waals surface area contributed by atoms with Gasteiger partial charge in [0.15, 0.2) is 0 Å². The van der Waals surface area contributed by atoms with Crippen molar-refractivity contribution in [2.24, 2.45) is 0 Å². The summed E-state index contributed by atoms with van der Waals surface area (Å²) in [5.41, 5.74) is -0.0453. The van der Waals surface area contributed by atoms with Crippen LogP contribution in [0.3, 0.4) is 0 Å². The molecule has 0 radical (unpaired) electrons. The molecule has 1 aromatic rings. The molecule has 0 bridgehead atoms. The Labute approximate surface area is 138 Å². The van der Waals surface area contributed by atoms with Crippen LogP contribution in [-0.4, -0.2) is 48.6 Å². The number of aromatic carboxylic acids is 1. The Morgan fingerprint density at radius 3 is 2.52 bits per heavy atom. The zero-order valence-electron chi connectivity index (χ0n) is 11.6. The second kappa shape index (κ2) is 8.06. The average Bonchev–Trinajstić information content (AvgIpc) is 2.43. The van der Waals surface area contributed by atoms with Crippen molar-refractivity contribution in [2.45, 2.75) is 24.7 Å². The van der Waals surface area contributed by atoms with Crippen LogP contribution in [0.25, 0.3) is 0 Å². The summed E-state index contributed by atoms with van der Waals surface area (Å²) in [5.74, 6) is -1.17. The van der Waals surface area contributed by atoms with Gasteiger partial charge in [-0.15, -0.1) is 0 Å². The number of halogens is 1. The largest absolute Gasteiger partial charge is 0.478 e. The van der Waals surface area contributed by atoms with Gasteiger partial charge in [0, 0.05) is 16.7 Å². The van der Waals surface area contributed by atoms with E-state index in [-0.39, 0.29) is 23.6 Å². The summed E-state index contributed by atoms with van der Waals surface area (Å²) in [7, 11) is -3.80. The van der Waals surface area contributed by atoms with E-state index in [1.165, 1.54) is 16.4 Å². The molecule has 21 heavy (non-hydrogen) atoms. The van der Waals surface area contributed by atoms with Crippen LogP contribution in [0.4, 0.5) is 0 Å². The smallest absolute Gasteiger partial charge is 0.336 e. The number of unbranched alkanes of at least 4 members (excludes halogenated alkanes) is 1. The van der Waals surface area contributed by atoms with Crippen molar-refractivity contribution >= 4 is 38.6 Å². The van der Waals surface area contributed by atoms with Gasteiger partial charge in [0.25, 0.3) is 0 Å². The van der Waals surface area contributed by atoms with E-state index in [0.29, 0.717) is 16.5 Å². The van der Waals surface area contributed by atoms with E-state index in [4.69, 9.17) is 10.2 Å². The number of rotatable bonds is 8. The van der Waals surface area contributed by atoms with Crippen molar-refractivity contribution in [3.05, 3.63) is 27.3 Å². The van der Waals surface area contributed by atoms with Crippen LogP contribution in [0.2, 0.25) is 0 Å². The molecular weight excluding hydrogens is 409 g/mol. The van der Waals surface area contributed by atoms with Crippen molar-refractivity contribution in [1.82, 2.24) is 4.31 Å². The lowest BCUT2D eigenvalue weighted by Crippen LogP contribution is -2.34. The molecule has 0 fully saturated rings. The summed E-state index contributed by atoms with van der Waals surface area (Å²) in [6.45, 7) is 1.96. The van der Waals surface area contributed by atoms with Gasteiger partial charge in [-0.3, -0.25) is 0 Å². The second-order valence-electron chi connectivity index (χ2n) is 4.43. The van der Waals surface area contributed by atoms with Crippen LogP contribution >= 0.6 is 22.6 Å². The third-order valence-corrected chi connectivity index (χ3v) is 5.75. The Morgan fingerprint density at radius 1 is 1.33 bits per heavy atom. The van der Waals surface area contributed by atoms with E-state index in [0.717, 1.165) is 12.5 Å². The quantitative estimate of drug-likeness (QED) is 0.617. The third kappa shape index (κ3) is 4.63. The lowest BCUT2D eigenvalue weighted by Gasteiger charge is -2.21. The summed E-state index contributed by atoms with van der Waals surface area (Å²) >= 11 is 1.85. The molecule has 2 N–H and O–H groups in total. The van der Waals surface area contributed by atoms with E-state index in [9.17, 15) is 13.2 Å². The Kier molecular flexibility index (Phi) is 7.04. The lowest BCUT2D eigenvalue weighted by molar-refractivity contribution is 0.0695.